The van der Waals surface area contributed by atoms with Crippen molar-refractivity contribution in [3.63, 3.8) is 0 Å². The lowest BCUT2D eigenvalue weighted by atomic mass is 10.3. The second kappa shape index (κ2) is 7.81. The van der Waals surface area contributed by atoms with Crippen molar-refractivity contribution in [2.24, 2.45) is 5.10 Å². The second-order valence-electron chi connectivity index (χ2n) is 3.58. The largest absolute Gasteiger partial charge is 0.481 e. The number of halogens is 1. The molecule has 0 aliphatic rings. The number of aliphatic carboxylic acids is 1. The number of carboxylic acids is 1. The van der Waals surface area contributed by atoms with Gasteiger partial charge in [-0.25, -0.2) is 0 Å². The first-order chi connectivity index (χ1) is 8.99. The lowest BCUT2D eigenvalue weighted by molar-refractivity contribution is -0.136. The Labute approximate surface area is 120 Å². The maximum Gasteiger partial charge on any atom is 0.304 e. The van der Waals surface area contributed by atoms with Crippen molar-refractivity contribution in [2.45, 2.75) is 13.3 Å². The van der Waals surface area contributed by atoms with Crippen molar-refractivity contribution < 1.29 is 14.7 Å². The van der Waals surface area contributed by atoms with Gasteiger partial charge < -0.3 is 5.11 Å². The van der Waals surface area contributed by atoms with E-state index in [4.69, 9.17) is 16.7 Å². The van der Waals surface area contributed by atoms with Gasteiger partial charge in [0.15, 0.2) is 10.8 Å². The lowest BCUT2D eigenvalue weighted by Crippen LogP contribution is -2.10. The predicted octanol–water partition coefficient (Wildman–Crippen LogP) is 2.86. The highest BCUT2D eigenvalue weighted by Crippen LogP contribution is 2.14. The van der Waals surface area contributed by atoms with Crippen LogP contribution in [0.25, 0.3) is 0 Å². The average Bonchev–Trinajstić information content (AvgIpc) is 2.34. The molecule has 0 radical (unpaired) electrons. The number of carboxylic acid groups (broad SMARTS) is 1. The fourth-order valence-corrected chi connectivity index (χ4v) is 2.00. The van der Waals surface area contributed by atoms with Crippen LogP contribution in [0.3, 0.4) is 0 Å². The summed E-state index contributed by atoms with van der Waals surface area (Å²) in [4.78, 5) is 21.7. The van der Waals surface area contributed by atoms with E-state index in [2.05, 4.69) is 10.5 Å². The number of hydrogen-bond donors (Lipinski definition) is 2. The van der Waals surface area contributed by atoms with E-state index in [1.165, 1.54) is 6.92 Å². The van der Waals surface area contributed by atoms with Crippen LogP contribution in [0.5, 0.6) is 0 Å². The van der Waals surface area contributed by atoms with Gasteiger partial charge in [-0.2, -0.15) is 5.10 Å². The maximum atomic E-state index is 11.3. The fraction of sp³-hybridized carbons (Fsp3) is 0.250. The third-order valence-corrected chi connectivity index (χ3v) is 3.30. The Hall–Kier alpha value is -1.53. The number of thioether (sulfide) groups is 1. The summed E-state index contributed by atoms with van der Waals surface area (Å²) in [5.41, 5.74) is 3.43. The minimum absolute atomic E-state index is 0.0160. The Bertz CT molecular complexity index is 488. The SMILES string of the molecule is CC(=O)/C(=N\Nc1ccc(Cl)cc1)SCCC(=O)O. The molecular weight excluding hydrogens is 288 g/mol. The fourth-order valence-electron chi connectivity index (χ4n) is 1.09. The summed E-state index contributed by atoms with van der Waals surface area (Å²) in [7, 11) is 0. The summed E-state index contributed by atoms with van der Waals surface area (Å²) in [6, 6.07) is 6.85. The van der Waals surface area contributed by atoms with E-state index in [9.17, 15) is 9.59 Å². The molecule has 19 heavy (non-hydrogen) atoms. The molecule has 0 fully saturated rings. The van der Waals surface area contributed by atoms with Crippen molar-refractivity contribution in [3.05, 3.63) is 29.3 Å². The standard InChI is InChI=1S/C12H13ClN2O3S/c1-8(16)12(19-7-6-11(17)18)15-14-10-4-2-9(13)3-5-10/h2-5,14H,6-7H2,1H3,(H,17,18)/b15-12+. The van der Waals surface area contributed by atoms with Crippen LogP contribution in [0.2, 0.25) is 5.02 Å². The molecule has 0 amide bonds. The quantitative estimate of drug-likeness (QED) is 0.480. The van der Waals surface area contributed by atoms with Gasteiger partial charge in [0.25, 0.3) is 0 Å². The molecule has 0 saturated carbocycles. The van der Waals surface area contributed by atoms with E-state index in [1.54, 1.807) is 24.3 Å². The van der Waals surface area contributed by atoms with Crippen molar-refractivity contribution in [1.82, 2.24) is 0 Å². The number of rotatable bonds is 6. The summed E-state index contributed by atoms with van der Waals surface area (Å²) in [6.07, 6.45) is -0.0160. The van der Waals surface area contributed by atoms with E-state index in [0.717, 1.165) is 11.8 Å². The molecule has 102 valence electrons. The number of nitrogens with zero attached hydrogens (tertiary/aromatic N) is 1. The van der Waals surface area contributed by atoms with Gasteiger partial charge in [-0.1, -0.05) is 11.6 Å². The zero-order valence-electron chi connectivity index (χ0n) is 10.2. The van der Waals surface area contributed by atoms with Crippen LogP contribution in [0.4, 0.5) is 5.69 Å². The van der Waals surface area contributed by atoms with E-state index < -0.39 is 5.97 Å². The molecule has 0 aliphatic heterocycles. The summed E-state index contributed by atoms with van der Waals surface area (Å²) in [5, 5.41) is 13.4. The maximum absolute atomic E-state index is 11.3. The van der Waals surface area contributed by atoms with Crippen molar-refractivity contribution in [2.75, 3.05) is 11.2 Å². The number of nitrogens with one attached hydrogen (secondary N) is 1. The van der Waals surface area contributed by atoms with Gasteiger partial charge in [-0.3, -0.25) is 15.0 Å². The molecule has 1 rings (SSSR count). The number of ketones is 1. The number of anilines is 1. The van der Waals surface area contributed by atoms with Gasteiger partial charge in [-0.05, 0) is 24.3 Å². The minimum atomic E-state index is -0.902. The average molecular weight is 301 g/mol. The molecule has 5 nitrogen and oxygen atoms in total. The van der Waals surface area contributed by atoms with Crippen molar-refractivity contribution >= 4 is 45.8 Å². The number of carbonyl (C=O) groups excluding carboxylic acids is 1. The molecule has 0 aliphatic carbocycles. The molecule has 0 heterocycles. The monoisotopic (exact) mass is 300 g/mol. The highest BCUT2D eigenvalue weighted by molar-refractivity contribution is 8.15. The molecule has 0 unspecified atom stereocenters. The molecule has 2 N–H and O–H groups in total. The van der Waals surface area contributed by atoms with E-state index >= 15 is 0 Å². The van der Waals surface area contributed by atoms with Gasteiger partial charge in [0.05, 0.1) is 12.1 Å². The third kappa shape index (κ3) is 6.26. The van der Waals surface area contributed by atoms with E-state index in [1.807, 2.05) is 0 Å². The number of carbonyl (C=O) groups is 2. The van der Waals surface area contributed by atoms with Crippen LogP contribution in [0.1, 0.15) is 13.3 Å². The molecule has 1 aromatic rings. The van der Waals surface area contributed by atoms with Crippen molar-refractivity contribution in [3.8, 4) is 0 Å². The second-order valence-corrected chi connectivity index (χ2v) is 5.10. The van der Waals surface area contributed by atoms with Crippen molar-refractivity contribution in [1.29, 1.82) is 0 Å². The molecule has 0 spiro atoms. The van der Waals surface area contributed by atoms with E-state index in [0.29, 0.717) is 16.5 Å². The predicted molar refractivity (Wildman–Crippen MR) is 77.9 cm³/mol. The van der Waals surface area contributed by atoms with Gasteiger partial charge in [0, 0.05) is 17.7 Å². The Kier molecular flexibility index (Phi) is 6.38. The molecule has 0 bridgehead atoms. The summed E-state index contributed by atoms with van der Waals surface area (Å²) in [5.74, 6) is -0.811. The van der Waals surface area contributed by atoms with Crippen LogP contribution < -0.4 is 5.43 Å². The van der Waals surface area contributed by atoms with Crippen LogP contribution in [0, 0.1) is 0 Å². The Morgan fingerprint density at radius 1 is 1.37 bits per heavy atom. The smallest absolute Gasteiger partial charge is 0.304 e. The number of benzene rings is 1. The lowest BCUT2D eigenvalue weighted by Gasteiger charge is -2.04. The van der Waals surface area contributed by atoms with Crippen LogP contribution in [0.15, 0.2) is 29.4 Å². The zero-order chi connectivity index (χ0) is 14.3. The minimum Gasteiger partial charge on any atom is -0.481 e. The summed E-state index contributed by atoms with van der Waals surface area (Å²) >= 11 is 6.86. The first kappa shape index (κ1) is 15.5. The first-order valence-corrected chi connectivity index (χ1v) is 6.80. The van der Waals surface area contributed by atoms with Gasteiger partial charge in [0.1, 0.15) is 0 Å². The molecule has 7 heteroatoms. The Morgan fingerprint density at radius 3 is 2.53 bits per heavy atom. The van der Waals surface area contributed by atoms with E-state index in [-0.39, 0.29) is 17.2 Å². The van der Waals surface area contributed by atoms with Gasteiger partial charge in [-0.15, -0.1) is 11.8 Å². The Balaban J connectivity index is 2.60. The summed E-state index contributed by atoms with van der Waals surface area (Å²) in [6.45, 7) is 1.39. The number of hydrazone groups is 1. The first-order valence-electron chi connectivity index (χ1n) is 5.44. The van der Waals surface area contributed by atoms with Crippen LogP contribution in [-0.2, 0) is 9.59 Å². The van der Waals surface area contributed by atoms with Gasteiger partial charge >= 0.3 is 5.97 Å². The molecular formula is C12H13ClN2O3S. The molecule has 0 atom stereocenters. The molecule has 0 aromatic heterocycles. The highest BCUT2D eigenvalue weighted by Gasteiger charge is 2.08. The Morgan fingerprint density at radius 2 is 2.00 bits per heavy atom. The third-order valence-electron chi connectivity index (χ3n) is 1.99. The highest BCUT2D eigenvalue weighted by atomic mass is 35.5. The number of Topliss-reactive ketones (excluding diaryl/α,β-unsaturated/α-hetero) is 1. The van der Waals surface area contributed by atoms with Crippen LogP contribution in [-0.4, -0.2) is 27.7 Å². The summed E-state index contributed by atoms with van der Waals surface area (Å²) < 4.78 is 0. The number of hydrogen-bond acceptors (Lipinski definition) is 5. The van der Waals surface area contributed by atoms with Crippen LogP contribution >= 0.6 is 23.4 Å². The zero-order valence-corrected chi connectivity index (χ0v) is 11.8. The normalized spacial score (nSPS) is 11.2. The van der Waals surface area contributed by atoms with Gasteiger partial charge in [0.2, 0.25) is 0 Å². The topological polar surface area (TPSA) is 78.8 Å². The molecule has 0 saturated heterocycles. The molecule has 1 aromatic carbocycles.